The van der Waals surface area contributed by atoms with Crippen LogP contribution in [0.2, 0.25) is 0 Å². The Hall–Kier alpha value is -0.520. The lowest BCUT2D eigenvalue weighted by Gasteiger charge is -1.90. The minimum Gasteiger partial charge on any atom is -0.0888 e. The van der Waals surface area contributed by atoms with E-state index < -0.39 is 0 Å². The van der Waals surface area contributed by atoms with Crippen molar-refractivity contribution in [1.29, 1.82) is 0 Å². The van der Waals surface area contributed by atoms with Gasteiger partial charge in [-0.15, -0.1) is 0 Å². The van der Waals surface area contributed by atoms with Crippen molar-refractivity contribution in [3.05, 3.63) is 30.2 Å². The van der Waals surface area contributed by atoms with Gasteiger partial charge in [0.15, 0.2) is 0 Å². The minimum absolute atomic E-state index is 1.11. The molecule has 0 saturated carbocycles. The Labute approximate surface area is 71.0 Å². The molecule has 0 bridgehead atoms. The van der Waals surface area contributed by atoms with Gasteiger partial charge in [-0.1, -0.05) is 30.7 Å². The van der Waals surface area contributed by atoms with Crippen LogP contribution in [0.3, 0.4) is 0 Å². The van der Waals surface area contributed by atoms with E-state index in [2.05, 4.69) is 45.4 Å². The molecule has 0 atom stereocenters. The maximum atomic E-state index is 2.29. The first kappa shape index (κ1) is 10.5. The average Bonchev–Trinajstić information content (AvgIpc) is 1.96. The van der Waals surface area contributed by atoms with Crippen LogP contribution in [0.5, 0.6) is 0 Å². The van der Waals surface area contributed by atoms with Crippen LogP contribution in [0.15, 0.2) is 23.8 Å². The summed E-state index contributed by atoms with van der Waals surface area (Å²) >= 11 is 0. The van der Waals surface area contributed by atoms with Crippen molar-refractivity contribution in [2.24, 2.45) is 0 Å². The lowest BCUT2D eigenvalue weighted by atomic mass is 10.2. The van der Waals surface area contributed by atoms with Crippen LogP contribution < -0.4 is 0 Å². The van der Waals surface area contributed by atoms with Gasteiger partial charge in [0, 0.05) is 0 Å². The van der Waals surface area contributed by atoms with Crippen molar-refractivity contribution in [2.75, 3.05) is 0 Å². The summed E-state index contributed by atoms with van der Waals surface area (Å²) in [5.74, 6) is 0. The van der Waals surface area contributed by atoms with Crippen LogP contribution in [0.4, 0.5) is 0 Å². The number of unbranched alkanes of at least 4 members (excludes halogenated alkanes) is 2. The van der Waals surface area contributed by atoms with Crippen molar-refractivity contribution in [3.63, 3.8) is 0 Å². The predicted octanol–water partition coefficient (Wildman–Crippen LogP) is 3.90. The van der Waals surface area contributed by atoms with E-state index in [1.807, 2.05) is 0 Å². The normalized spacial score (nSPS) is 10.5. The molecule has 0 nitrogen and oxygen atoms in total. The molecule has 0 aliphatic rings. The molecule has 0 heteroatoms. The zero-order chi connectivity index (χ0) is 8.53. The van der Waals surface area contributed by atoms with Crippen LogP contribution in [0.1, 0.15) is 40.0 Å². The summed E-state index contributed by atoms with van der Waals surface area (Å²) in [4.78, 5) is 0. The summed E-state index contributed by atoms with van der Waals surface area (Å²) in [6, 6.07) is 0. The van der Waals surface area contributed by atoms with Gasteiger partial charge in [0.05, 0.1) is 0 Å². The molecule has 0 heterocycles. The second-order valence-corrected chi connectivity index (χ2v) is 2.92. The van der Waals surface area contributed by atoms with Gasteiger partial charge in [-0.05, 0) is 39.5 Å². The molecular weight excluding hydrogens is 132 g/mol. The predicted molar refractivity (Wildman–Crippen MR) is 52.4 cm³/mol. The molecule has 0 spiro atoms. The highest BCUT2D eigenvalue weighted by Gasteiger charge is 1.81. The molecule has 0 amide bonds. The topological polar surface area (TPSA) is 0 Å². The van der Waals surface area contributed by atoms with Crippen LogP contribution in [0.25, 0.3) is 0 Å². The first-order valence-electron chi connectivity index (χ1n) is 4.37. The Balaban J connectivity index is 3.15. The lowest BCUT2D eigenvalue weighted by molar-refractivity contribution is 1.07. The molecule has 0 aliphatic heterocycles. The van der Waals surface area contributed by atoms with Gasteiger partial charge in [-0.3, -0.25) is 0 Å². The van der Waals surface area contributed by atoms with Crippen molar-refractivity contribution in [1.82, 2.24) is 0 Å². The maximum absolute atomic E-state index is 2.29. The van der Waals surface area contributed by atoms with Crippen LogP contribution in [-0.4, -0.2) is 0 Å². The number of hydrogen-bond acceptors (Lipinski definition) is 0. The Morgan fingerprint density at radius 3 is 2.36 bits per heavy atom. The molecule has 63 valence electrons. The third kappa shape index (κ3) is 9.48. The molecular formula is C11H19. The van der Waals surface area contributed by atoms with E-state index in [-0.39, 0.29) is 0 Å². The van der Waals surface area contributed by atoms with Crippen LogP contribution in [-0.2, 0) is 0 Å². The summed E-state index contributed by atoms with van der Waals surface area (Å²) in [5, 5.41) is 0. The Bertz CT molecular complexity index is 125. The van der Waals surface area contributed by atoms with Gasteiger partial charge in [0.1, 0.15) is 0 Å². The second kappa shape index (κ2) is 7.59. The highest BCUT2D eigenvalue weighted by atomic mass is 13.9. The largest absolute Gasteiger partial charge is 0.0888 e. The van der Waals surface area contributed by atoms with Gasteiger partial charge >= 0.3 is 0 Å². The average molecular weight is 151 g/mol. The third-order valence-electron chi connectivity index (χ3n) is 1.40. The summed E-state index contributed by atoms with van der Waals surface area (Å²) in [5.41, 5.74) is 1.40. The number of hydrogen-bond donors (Lipinski definition) is 0. The summed E-state index contributed by atoms with van der Waals surface area (Å²) in [6.07, 6.45) is 12.3. The number of rotatable bonds is 5. The van der Waals surface area contributed by atoms with Gasteiger partial charge in [0.25, 0.3) is 0 Å². The second-order valence-electron chi connectivity index (χ2n) is 2.92. The quantitative estimate of drug-likeness (QED) is 0.413. The van der Waals surface area contributed by atoms with E-state index in [0.29, 0.717) is 0 Å². The minimum atomic E-state index is 1.11. The Kier molecular flexibility index (Phi) is 7.23. The lowest BCUT2D eigenvalue weighted by Crippen LogP contribution is -1.72. The summed E-state index contributed by atoms with van der Waals surface area (Å²) in [7, 11) is 0. The first-order chi connectivity index (χ1) is 5.27. The van der Waals surface area contributed by atoms with Crippen LogP contribution in [0, 0.1) is 6.42 Å². The van der Waals surface area contributed by atoms with Gasteiger partial charge < -0.3 is 0 Å². The Morgan fingerprint density at radius 1 is 1.09 bits per heavy atom. The number of allylic oxidation sites excluding steroid dienone is 4. The highest BCUT2D eigenvalue weighted by Crippen LogP contribution is 2.00. The van der Waals surface area contributed by atoms with Gasteiger partial charge in [-0.25, -0.2) is 0 Å². The third-order valence-corrected chi connectivity index (χ3v) is 1.40. The molecule has 0 fully saturated rings. The molecule has 0 aromatic carbocycles. The zero-order valence-corrected chi connectivity index (χ0v) is 7.93. The van der Waals surface area contributed by atoms with Gasteiger partial charge in [-0.2, -0.15) is 0 Å². The van der Waals surface area contributed by atoms with E-state index in [9.17, 15) is 0 Å². The molecule has 0 aliphatic carbocycles. The monoisotopic (exact) mass is 151 g/mol. The van der Waals surface area contributed by atoms with Crippen molar-refractivity contribution >= 4 is 0 Å². The van der Waals surface area contributed by atoms with E-state index >= 15 is 0 Å². The van der Waals surface area contributed by atoms with E-state index in [1.165, 1.54) is 5.57 Å². The molecule has 0 rings (SSSR count). The molecule has 0 aromatic heterocycles. The molecule has 0 aromatic rings. The van der Waals surface area contributed by atoms with E-state index in [0.717, 1.165) is 19.3 Å². The fourth-order valence-electron chi connectivity index (χ4n) is 0.774. The molecule has 11 heavy (non-hydrogen) atoms. The van der Waals surface area contributed by atoms with Crippen molar-refractivity contribution in [3.8, 4) is 0 Å². The maximum Gasteiger partial charge on any atom is -0.0311 e. The Morgan fingerprint density at radius 2 is 1.82 bits per heavy atom. The van der Waals surface area contributed by atoms with E-state index in [1.54, 1.807) is 0 Å². The smallest absolute Gasteiger partial charge is 0.0311 e. The molecule has 0 saturated heterocycles. The van der Waals surface area contributed by atoms with Crippen molar-refractivity contribution in [2.45, 2.75) is 40.0 Å². The van der Waals surface area contributed by atoms with Crippen LogP contribution >= 0.6 is 0 Å². The standard InChI is InChI=1S/C11H19/c1-4-5-6-7-8-9-10-11(2)3/h5-6,8,10H,4,7,9H2,1-3H3. The molecule has 0 N–H and O–H groups in total. The fourth-order valence-corrected chi connectivity index (χ4v) is 0.774. The fraction of sp³-hybridized carbons (Fsp3) is 0.545. The highest BCUT2D eigenvalue weighted by molar-refractivity contribution is 4.97. The van der Waals surface area contributed by atoms with Gasteiger partial charge in [0.2, 0.25) is 0 Å². The summed E-state index contributed by atoms with van der Waals surface area (Å²) < 4.78 is 0. The zero-order valence-electron chi connectivity index (χ0n) is 7.93. The first-order valence-corrected chi connectivity index (χ1v) is 4.37. The SMILES string of the molecule is CCC=CC[CH]CC=C(C)C. The summed E-state index contributed by atoms with van der Waals surface area (Å²) in [6.45, 7) is 6.43. The molecule has 0 unspecified atom stereocenters. The molecule has 1 radical (unpaired) electrons. The van der Waals surface area contributed by atoms with E-state index in [4.69, 9.17) is 0 Å². The van der Waals surface area contributed by atoms with Crippen molar-refractivity contribution < 1.29 is 0 Å².